The Hall–Kier alpha value is -2.46. The standard InChI is InChI=1S/C18H24N4O5S/c1-20-17(14-5-4-10-21(11-14)28(3,25)26)19-22(18(20)24)12-16(23)13-6-8-15(27-2)9-7-13/h6-9,14H,4-5,10-12H2,1-3H3/t14-/m0/s1. The molecule has 2 heterocycles. The van der Waals surface area contributed by atoms with E-state index in [2.05, 4.69) is 5.10 Å². The summed E-state index contributed by atoms with van der Waals surface area (Å²) in [5.74, 6) is 0.719. The van der Waals surface area contributed by atoms with Crippen LogP contribution in [0, 0.1) is 0 Å². The third-order valence-corrected chi connectivity index (χ3v) is 6.27. The van der Waals surface area contributed by atoms with Gasteiger partial charge < -0.3 is 4.74 Å². The second kappa shape index (κ2) is 7.88. The van der Waals surface area contributed by atoms with Gasteiger partial charge in [0.25, 0.3) is 0 Å². The molecule has 2 aromatic rings. The summed E-state index contributed by atoms with van der Waals surface area (Å²) in [4.78, 5) is 25.0. The third-order valence-electron chi connectivity index (χ3n) is 5.00. The van der Waals surface area contributed by atoms with Gasteiger partial charge in [-0.2, -0.15) is 5.10 Å². The van der Waals surface area contributed by atoms with Gasteiger partial charge in [-0.15, -0.1) is 0 Å². The summed E-state index contributed by atoms with van der Waals surface area (Å²) >= 11 is 0. The molecule has 1 aliphatic rings. The van der Waals surface area contributed by atoms with Crippen molar-refractivity contribution in [3.8, 4) is 5.75 Å². The summed E-state index contributed by atoms with van der Waals surface area (Å²) in [6.45, 7) is 0.580. The number of aromatic nitrogens is 3. The highest BCUT2D eigenvalue weighted by atomic mass is 32.2. The summed E-state index contributed by atoms with van der Waals surface area (Å²) < 4.78 is 32.7. The van der Waals surface area contributed by atoms with Crippen molar-refractivity contribution < 1.29 is 17.9 Å². The molecule has 0 bridgehead atoms. The number of ketones is 1. The van der Waals surface area contributed by atoms with Crippen LogP contribution < -0.4 is 10.4 Å². The zero-order valence-corrected chi connectivity index (χ0v) is 17.0. The van der Waals surface area contributed by atoms with Crippen LogP contribution in [-0.4, -0.2) is 59.3 Å². The monoisotopic (exact) mass is 408 g/mol. The Morgan fingerprint density at radius 1 is 1.29 bits per heavy atom. The second-order valence-corrected chi connectivity index (χ2v) is 8.95. The van der Waals surface area contributed by atoms with Gasteiger partial charge in [0, 0.05) is 31.6 Å². The first kappa shape index (κ1) is 20.3. The van der Waals surface area contributed by atoms with E-state index in [1.165, 1.54) is 15.1 Å². The highest BCUT2D eigenvalue weighted by molar-refractivity contribution is 7.88. The third kappa shape index (κ3) is 4.17. The predicted molar refractivity (Wildman–Crippen MR) is 103 cm³/mol. The summed E-state index contributed by atoms with van der Waals surface area (Å²) in [6, 6.07) is 6.64. The number of Topliss-reactive ketones (excluding diaryl/α,β-unsaturated/α-hetero) is 1. The van der Waals surface area contributed by atoms with Crippen molar-refractivity contribution in [1.29, 1.82) is 0 Å². The lowest BCUT2D eigenvalue weighted by Crippen LogP contribution is -2.39. The summed E-state index contributed by atoms with van der Waals surface area (Å²) in [5, 5.41) is 4.35. The van der Waals surface area contributed by atoms with Crippen LogP contribution in [0.25, 0.3) is 0 Å². The fourth-order valence-electron chi connectivity index (χ4n) is 3.42. The number of rotatable bonds is 6. The SMILES string of the molecule is COc1ccc(C(=O)Cn2nc([C@H]3CCCN(S(C)(=O)=O)C3)n(C)c2=O)cc1. The predicted octanol–water partition coefficient (Wildman–Crippen LogP) is 0.612. The van der Waals surface area contributed by atoms with Crippen molar-refractivity contribution in [3.63, 3.8) is 0 Å². The Bertz CT molecular complexity index is 1020. The first-order valence-electron chi connectivity index (χ1n) is 8.97. The van der Waals surface area contributed by atoms with E-state index in [0.717, 1.165) is 11.1 Å². The van der Waals surface area contributed by atoms with E-state index < -0.39 is 15.7 Å². The smallest absolute Gasteiger partial charge is 0.346 e. The Kier molecular flexibility index (Phi) is 5.71. The highest BCUT2D eigenvalue weighted by Crippen LogP contribution is 2.26. The molecule has 3 rings (SSSR count). The molecule has 1 aromatic heterocycles. The minimum absolute atomic E-state index is 0.179. The van der Waals surface area contributed by atoms with Crippen LogP contribution in [-0.2, 0) is 23.6 Å². The summed E-state index contributed by atoms with van der Waals surface area (Å²) in [5.41, 5.74) is 0.0640. The van der Waals surface area contributed by atoms with Gasteiger partial charge in [-0.3, -0.25) is 9.36 Å². The Labute approximate surface area is 163 Å². The molecule has 10 heteroatoms. The molecule has 0 unspecified atom stereocenters. The normalized spacial score (nSPS) is 18.2. The molecule has 0 N–H and O–H groups in total. The number of ether oxygens (including phenoxy) is 1. The topological polar surface area (TPSA) is 104 Å². The van der Waals surface area contributed by atoms with E-state index in [4.69, 9.17) is 4.74 Å². The van der Waals surface area contributed by atoms with Crippen molar-refractivity contribution in [2.45, 2.75) is 25.3 Å². The molecule has 0 saturated carbocycles. The zero-order valence-electron chi connectivity index (χ0n) is 16.2. The van der Waals surface area contributed by atoms with Gasteiger partial charge in [0.2, 0.25) is 10.0 Å². The van der Waals surface area contributed by atoms with Crippen LogP contribution in [0.15, 0.2) is 29.1 Å². The maximum atomic E-state index is 12.5. The fourth-order valence-corrected chi connectivity index (χ4v) is 4.33. The number of carbonyl (C=O) groups excluding carboxylic acids is 1. The fraction of sp³-hybridized carbons (Fsp3) is 0.500. The molecule has 0 spiro atoms. The van der Waals surface area contributed by atoms with E-state index in [-0.39, 0.29) is 24.8 Å². The van der Waals surface area contributed by atoms with E-state index >= 15 is 0 Å². The molecule has 1 aromatic carbocycles. The van der Waals surface area contributed by atoms with Crippen LogP contribution in [0.2, 0.25) is 0 Å². The van der Waals surface area contributed by atoms with Gasteiger partial charge in [0.1, 0.15) is 18.1 Å². The molecular formula is C18H24N4O5S. The van der Waals surface area contributed by atoms with Crippen molar-refractivity contribution >= 4 is 15.8 Å². The molecule has 0 aliphatic carbocycles. The van der Waals surface area contributed by atoms with Gasteiger partial charge >= 0.3 is 5.69 Å². The Morgan fingerprint density at radius 2 is 1.96 bits per heavy atom. The molecule has 0 radical (unpaired) electrons. The van der Waals surface area contributed by atoms with E-state index in [9.17, 15) is 18.0 Å². The van der Waals surface area contributed by atoms with Gasteiger partial charge in [-0.1, -0.05) is 0 Å². The second-order valence-electron chi connectivity index (χ2n) is 6.97. The maximum absolute atomic E-state index is 12.5. The Morgan fingerprint density at radius 3 is 2.57 bits per heavy atom. The number of benzene rings is 1. The summed E-state index contributed by atoms with van der Waals surface area (Å²) in [6.07, 6.45) is 2.62. The number of nitrogens with zero attached hydrogens (tertiary/aromatic N) is 4. The number of piperidine rings is 1. The quantitative estimate of drug-likeness (QED) is 0.649. The molecule has 1 fully saturated rings. The van der Waals surface area contributed by atoms with Gasteiger partial charge in [0.05, 0.1) is 13.4 Å². The first-order valence-corrected chi connectivity index (χ1v) is 10.8. The average molecular weight is 408 g/mol. The molecule has 28 heavy (non-hydrogen) atoms. The molecule has 1 saturated heterocycles. The lowest BCUT2D eigenvalue weighted by molar-refractivity contribution is 0.0966. The molecule has 152 valence electrons. The number of methoxy groups -OCH3 is 1. The highest BCUT2D eigenvalue weighted by Gasteiger charge is 2.30. The van der Waals surface area contributed by atoms with Gasteiger partial charge in [-0.05, 0) is 37.1 Å². The lowest BCUT2D eigenvalue weighted by Gasteiger charge is -2.30. The Balaban J connectivity index is 1.81. The van der Waals surface area contributed by atoms with Crippen LogP contribution in [0.4, 0.5) is 0 Å². The van der Waals surface area contributed by atoms with Crippen LogP contribution in [0.5, 0.6) is 5.75 Å². The minimum Gasteiger partial charge on any atom is -0.497 e. The minimum atomic E-state index is -3.30. The van der Waals surface area contributed by atoms with Crippen molar-refractivity contribution in [1.82, 2.24) is 18.7 Å². The summed E-state index contributed by atoms with van der Waals surface area (Å²) in [7, 11) is -0.157. The van der Waals surface area contributed by atoms with Crippen molar-refractivity contribution in [3.05, 3.63) is 46.1 Å². The van der Waals surface area contributed by atoms with Gasteiger partial charge in [-0.25, -0.2) is 22.2 Å². The van der Waals surface area contributed by atoms with E-state index in [0.29, 0.717) is 30.1 Å². The van der Waals surface area contributed by atoms with Crippen LogP contribution in [0.3, 0.4) is 0 Å². The van der Waals surface area contributed by atoms with E-state index in [1.807, 2.05) is 0 Å². The number of hydrogen-bond acceptors (Lipinski definition) is 6. The number of sulfonamides is 1. The molecule has 1 aliphatic heterocycles. The zero-order chi connectivity index (χ0) is 20.5. The number of hydrogen-bond donors (Lipinski definition) is 0. The van der Waals surface area contributed by atoms with Crippen molar-refractivity contribution in [2.24, 2.45) is 7.05 Å². The molecule has 0 amide bonds. The molecule has 1 atom stereocenters. The maximum Gasteiger partial charge on any atom is 0.346 e. The van der Waals surface area contributed by atoms with E-state index in [1.54, 1.807) is 38.4 Å². The van der Waals surface area contributed by atoms with Crippen LogP contribution in [0.1, 0.15) is 34.9 Å². The lowest BCUT2D eigenvalue weighted by atomic mass is 9.99. The largest absolute Gasteiger partial charge is 0.497 e. The first-order chi connectivity index (χ1) is 13.2. The average Bonchev–Trinajstić information content (AvgIpc) is 2.96. The van der Waals surface area contributed by atoms with Crippen LogP contribution >= 0.6 is 0 Å². The number of carbonyl (C=O) groups is 1. The van der Waals surface area contributed by atoms with Crippen molar-refractivity contribution in [2.75, 3.05) is 26.5 Å². The van der Waals surface area contributed by atoms with Gasteiger partial charge in [0.15, 0.2) is 5.78 Å². The molecular weight excluding hydrogens is 384 g/mol. The molecule has 9 nitrogen and oxygen atoms in total.